The molecule has 1 aromatic rings. The van der Waals surface area contributed by atoms with E-state index in [2.05, 4.69) is 0 Å². The molecule has 0 saturated carbocycles. The summed E-state index contributed by atoms with van der Waals surface area (Å²) in [6.07, 6.45) is -2.82. The van der Waals surface area contributed by atoms with Crippen molar-refractivity contribution in [2.75, 3.05) is 12.4 Å². The molecule has 1 atom stereocenters. The van der Waals surface area contributed by atoms with E-state index >= 15 is 0 Å². The van der Waals surface area contributed by atoms with E-state index in [9.17, 15) is 32.7 Å². The number of amides is 1. The third-order valence-corrected chi connectivity index (χ3v) is 5.24. The molecule has 1 heterocycles. The zero-order chi connectivity index (χ0) is 23.5. The number of hydrogen-bond acceptors (Lipinski definition) is 5. The first-order chi connectivity index (χ1) is 14.4. The molecular formula is C21H24F3NO6. The average molecular weight is 443 g/mol. The summed E-state index contributed by atoms with van der Waals surface area (Å²) in [6.45, 7) is 4.96. The monoisotopic (exact) mass is 443 g/mol. The van der Waals surface area contributed by atoms with Gasteiger partial charge in [0.15, 0.2) is 0 Å². The second-order valence-electron chi connectivity index (χ2n) is 7.30. The molecule has 0 saturated heterocycles. The van der Waals surface area contributed by atoms with E-state index in [1.54, 1.807) is 26.8 Å². The Hall–Kier alpha value is -3.04. The first-order valence-corrected chi connectivity index (χ1v) is 9.58. The molecule has 0 bridgehead atoms. The number of carboxylic acid groups (broad SMARTS) is 1. The van der Waals surface area contributed by atoms with Gasteiger partial charge in [0.05, 0.1) is 24.3 Å². The van der Waals surface area contributed by atoms with Crippen LogP contribution in [0.1, 0.15) is 53.7 Å². The van der Waals surface area contributed by atoms with Crippen molar-refractivity contribution < 1.29 is 42.1 Å². The standard InChI is InChI=1S/C21H24F3NO6/c1-5-12(18(26)27)8-10(2)6-7-13-16(25-20(29)21(22,23)24)15-14(9-31-19(15)28)11(3)17(13)30-4/h6,12H,5,7-9H2,1-4H3,(H,25,29)(H,26,27)/b10-6+. The van der Waals surface area contributed by atoms with E-state index in [-0.39, 0.29) is 42.0 Å². The number of cyclic esters (lactones) is 1. The Labute approximate surface area is 177 Å². The summed E-state index contributed by atoms with van der Waals surface area (Å²) < 4.78 is 49.1. The van der Waals surface area contributed by atoms with Gasteiger partial charge in [-0.1, -0.05) is 18.6 Å². The van der Waals surface area contributed by atoms with Gasteiger partial charge in [0.2, 0.25) is 0 Å². The average Bonchev–Trinajstić information content (AvgIpc) is 3.07. The van der Waals surface area contributed by atoms with Gasteiger partial charge in [0, 0.05) is 11.1 Å². The fourth-order valence-corrected chi connectivity index (χ4v) is 3.53. The van der Waals surface area contributed by atoms with Crippen molar-refractivity contribution in [1.82, 2.24) is 0 Å². The number of nitrogens with one attached hydrogen (secondary N) is 1. The lowest BCUT2D eigenvalue weighted by atomic mass is 9.92. The van der Waals surface area contributed by atoms with E-state index in [1.807, 2.05) is 5.32 Å². The molecule has 0 spiro atoms. The van der Waals surface area contributed by atoms with Crippen molar-refractivity contribution in [2.45, 2.75) is 52.8 Å². The Morgan fingerprint density at radius 3 is 2.52 bits per heavy atom. The maximum absolute atomic E-state index is 12.9. The van der Waals surface area contributed by atoms with Crippen molar-refractivity contribution in [2.24, 2.45) is 5.92 Å². The van der Waals surface area contributed by atoms with Crippen molar-refractivity contribution in [3.05, 3.63) is 33.9 Å². The number of fused-ring (bicyclic) bond motifs is 1. The minimum atomic E-state index is -5.16. The van der Waals surface area contributed by atoms with Gasteiger partial charge < -0.3 is 19.9 Å². The summed E-state index contributed by atoms with van der Waals surface area (Å²) in [5.41, 5.74) is 1.31. The zero-order valence-corrected chi connectivity index (χ0v) is 17.6. The maximum Gasteiger partial charge on any atom is 0.471 e. The predicted octanol–water partition coefficient (Wildman–Crippen LogP) is 4.16. The van der Waals surface area contributed by atoms with Crippen LogP contribution in [0.3, 0.4) is 0 Å². The number of methoxy groups -OCH3 is 1. The number of hydrogen-bond donors (Lipinski definition) is 2. The highest BCUT2D eigenvalue weighted by Gasteiger charge is 2.41. The number of carbonyl (C=O) groups is 3. The molecule has 170 valence electrons. The Morgan fingerprint density at radius 2 is 2.00 bits per heavy atom. The smallest absolute Gasteiger partial charge is 0.471 e. The minimum absolute atomic E-state index is 0.0138. The largest absolute Gasteiger partial charge is 0.496 e. The second kappa shape index (κ2) is 9.40. The number of allylic oxidation sites excluding steroid dienone is 2. The van der Waals surface area contributed by atoms with E-state index < -0.39 is 29.9 Å². The molecule has 1 amide bonds. The number of carbonyl (C=O) groups excluding carboxylic acids is 2. The number of alkyl halides is 3. The third-order valence-electron chi connectivity index (χ3n) is 5.24. The van der Waals surface area contributed by atoms with Crippen LogP contribution >= 0.6 is 0 Å². The minimum Gasteiger partial charge on any atom is -0.496 e. The quantitative estimate of drug-likeness (QED) is 0.462. The summed E-state index contributed by atoms with van der Waals surface area (Å²) in [7, 11) is 1.33. The van der Waals surface area contributed by atoms with E-state index in [4.69, 9.17) is 9.47 Å². The summed E-state index contributed by atoms with van der Waals surface area (Å²) >= 11 is 0. The summed E-state index contributed by atoms with van der Waals surface area (Å²) in [5.74, 6) is -4.37. The molecular weight excluding hydrogens is 419 g/mol. The van der Waals surface area contributed by atoms with Crippen LogP contribution in [0, 0.1) is 12.8 Å². The highest BCUT2D eigenvalue weighted by atomic mass is 19.4. The second-order valence-corrected chi connectivity index (χ2v) is 7.30. The molecule has 2 N–H and O–H groups in total. The lowest BCUT2D eigenvalue weighted by molar-refractivity contribution is -0.167. The SMILES string of the molecule is CCC(C/C(C)=C/Cc1c(NC(=O)C(F)(F)F)c2c(c(C)c1OC)COC2=O)C(=O)O. The van der Waals surface area contributed by atoms with Crippen molar-refractivity contribution >= 4 is 23.5 Å². The lowest BCUT2D eigenvalue weighted by Crippen LogP contribution is -2.31. The van der Waals surface area contributed by atoms with Crippen LogP contribution in [0.5, 0.6) is 5.75 Å². The van der Waals surface area contributed by atoms with Gasteiger partial charge in [0.1, 0.15) is 12.4 Å². The first kappa shape index (κ1) is 24.2. The number of carboxylic acids is 1. The Morgan fingerprint density at radius 1 is 1.35 bits per heavy atom. The Kier molecular flexibility index (Phi) is 7.35. The van der Waals surface area contributed by atoms with Crippen molar-refractivity contribution in [3.8, 4) is 5.75 Å². The number of aliphatic carboxylic acids is 1. The normalized spacial score (nSPS) is 14.7. The fourth-order valence-electron chi connectivity index (χ4n) is 3.53. The molecule has 0 aliphatic carbocycles. The van der Waals surface area contributed by atoms with Gasteiger partial charge in [0.25, 0.3) is 0 Å². The number of anilines is 1. The molecule has 10 heteroatoms. The Bertz CT molecular complexity index is 936. The number of halogens is 3. The first-order valence-electron chi connectivity index (χ1n) is 9.58. The molecule has 0 fully saturated rings. The zero-order valence-electron chi connectivity index (χ0n) is 17.6. The van der Waals surface area contributed by atoms with Crippen molar-refractivity contribution in [1.29, 1.82) is 0 Å². The molecule has 0 aromatic heterocycles. The van der Waals surface area contributed by atoms with Crippen LogP contribution in [-0.4, -0.2) is 36.2 Å². The van der Waals surface area contributed by atoms with E-state index in [1.165, 1.54) is 7.11 Å². The lowest BCUT2D eigenvalue weighted by Gasteiger charge is -2.20. The molecule has 7 nitrogen and oxygen atoms in total. The highest BCUT2D eigenvalue weighted by molar-refractivity contribution is 6.07. The van der Waals surface area contributed by atoms with Crippen LogP contribution in [0.15, 0.2) is 11.6 Å². The summed E-state index contributed by atoms with van der Waals surface area (Å²) in [4.78, 5) is 35.2. The molecule has 1 unspecified atom stereocenters. The Balaban J connectivity index is 2.56. The van der Waals surface area contributed by atoms with Crippen LogP contribution in [0.4, 0.5) is 18.9 Å². The number of ether oxygens (including phenoxy) is 2. The van der Waals surface area contributed by atoms with Gasteiger partial charge in [-0.05, 0) is 38.7 Å². The molecule has 1 aliphatic rings. The topological polar surface area (TPSA) is 102 Å². The predicted molar refractivity (Wildman–Crippen MR) is 105 cm³/mol. The van der Waals surface area contributed by atoms with Gasteiger partial charge in [-0.25, -0.2) is 4.79 Å². The molecule has 2 rings (SSSR count). The molecule has 0 radical (unpaired) electrons. The van der Waals surface area contributed by atoms with Crippen molar-refractivity contribution in [3.63, 3.8) is 0 Å². The number of rotatable bonds is 8. The van der Waals surface area contributed by atoms with E-state index in [0.717, 1.165) is 0 Å². The molecule has 1 aromatic carbocycles. The third kappa shape index (κ3) is 5.18. The molecule has 1 aliphatic heterocycles. The van der Waals surface area contributed by atoms with Crippen LogP contribution in [0.25, 0.3) is 0 Å². The number of esters is 1. The summed E-state index contributed by atoms with van der Waals surface area (Å²) in [6, 6.07) is 0. The van der Waals surface area contributed by atoms with Crippen LogP contribution in [0.2, 0.25) is 0 Å². The summed E-state index contributed by atoms with van der Waals surface area (Å²) in [5, 5.41) is 11.0. The highest BCUT2D eigenvalue weighted by Crippen LogP contribution is 2.42. The van der Waals surface area contributed by atoms with Gasteiger partial charge in [-0.2, -0.15) is 13.2 Å². The van der Waals surface area contributed by atoms with Crippen LogP contribution < -0.4 is 10.1 Å². The number of benzene rings is 1. The van der Waals surface area contributed by atoms with E-state index in [0.29, 0.717) is 23.1 Å². The van der Waals surface area contributed by atoms with Gasteiger partial charge in [-0.15, -0.1) is 0 Å². The fraction of sp³-hybridized carbons (Fsp3) is 0.476. The molecule has 31 heavy (non-hydrogen) atoms. The van der Waals surface area contributed by atoms with Crippen LogP contribution in [-0.2, 0) is 27.4 Å². The maximum atomic E-state index is 12.9. The van der Waals surface area contributed by atoms with Gasteiger partial charge in [-0.3, -0.25) is 9.59 Å². The van der Waals surface area contributed by atoms with Gasteiger partial charge >= 0.3 is 24.0 Å².